The van der Waals surface area contributed by atoms with Gasteiger partial charge in [-0.2, -0.15) is 11.8 Å². The summed E-state index contributed by atoms with van der Waals surface area (Å²) in [6.07, 6.45) is 3.88. The summed E-state index contributed by atoms with van der Waals surface area (Å²) in [5.74, 6) is 3.40. The maximum Gasteiger partial charge on any atom is 0.0931 e. The van der Waals surface area contributed by atoms with Gasteiger partial charge in [-0.1, -0.05) is 0 Å². The Morgan fingerprint density at radius 2 is 2.57 bits per heavy atom. The lowest BCUT2D eigenvalue weighted by atomic mass is 10.1. The third-order valence-corrected chi connectivity index (χ3v) is 4.89. The van der Waals surface area contributed by atoms with Gasteiger partial charge in [0.1, 0.15) is 0 Å². The first-order valence-electron chi connectivity index (χ1n) is 4.96. The van der Waals surface area contributed by atoms with Crippen LogP contribution in [0, 0.1) is 5.92 Å². The van der Waals surface area contributed by atoms with Crippen molar-refractivity contribution in [3.63, 3.8) is 0 Å². The fourth-order valence-corrected chi connectivity index (χ4v) is 3.86. The Balaban J connectivity index is 1.95. The third-order valence-electron chi connectivity index (χ3n) is 2.47. The Kier molecular flexibility index (Phi) is 3.47. The smallest absolute Gasteiger partial charge is 0.0931 e. The third kappa shape index (κ3) is 2.49. The highest BCUT2D eigenvalue weighted by atomic mass is 32.2. The molecule has 1 aromatic heterocycles. The second-order valence-corrected chi connectivity index (χ2v) is 6.06. The molecule has 1 N–H and O–H groups in total. The molecule has 14 heavy (non-hydrogen) atoms. The SMILES string of the molecule is CC(O)c1cnc(CC2CCSC2)s1. The van der Waals surface area contributed by atoms with Crippen LogP contribution < -0.4 is 0 Å². The van der Waals surface area contributed by atoms with Gasteiger partial charge in [0.15, 0.2) is 0 Å². The maximum atomic E-state index is 9.36. The van der Waals surface area contributed by atoms with Crippen LogP contribution in [0.4, 0.5) is 0 Å². The van der Waals surface area contributed by atoms with Gasteiger partial charge in [-0.3, -0.25) is 0 Å². The molecule has 1 aromatic rings. The standard InChI is InChI=1S/C10H15NOS2/c1-7(12)9-5-11-10(14-9)4-8-2-3-13-6-8/h5,7-8,12H,2-4,6H2,1H3. The van der Waals surface area contributed by atoms with Crippen molar-refractivity contribution >= 4 is 23.1 Å². The van der Waals surface area contributed by atoms with Crippen molar-refractivity contribution in [3.8, 4) is 0 Å². The first-order valence-corrected chi connectivity index (χ1v) is 6.93. The largest absolute Gasteiger partial charge is 0.388 e. The van der Waals surface area contributed by atoms with Crippen molar-refractivity contribution in [1.29, 1.82) is 0 Å². The number of thiazole rings is 1. The van der Waals surface area contributed by atoms with E-state index in [4.69, 9.17) is 0 Å². The molecule has 78 valence electrons. The zero-order valence-electron chi connectivity index (χ0n) is 8.27. The summed E-state index contributed by atoms with van der Waals surface area (Å²) in [5.41, 5.74) is 0. The number of rotatable bonds is 3. The molecule has 0 amide bonds. The Labute approximate surface area is 92.8 Å². The molecule has 0 aliphatic carbocycles. The van der Waals surface area contributed by atoms with E-state index in [2.05, 4.69) is 4.98 Å². The zero-order valence-corrected chi connectivity index (χ0v) is 9.90. The molecule has 2 unspecified atom stereocenters. The molecule has 2 nitrogen and oxygen atoms in total. The second-order valence-electron chi connectivity index (χ2n) is 3.77. The summed E-state index contributed by atoms with van der Waals surface area (Å²) in [4.78, 5) is 5.34. The average Bonchev–Trinajstić information content (AvgIpc) is 2.75. The molecule has 1 saturated heterocycles. The highest BCUT2D eigenvalue weighted by Gasteiger charge is 2.17. The van der Waals surface area contributed by atoms with Crippen molar-refractivity contribution in [1.82, 2.24) is 4.98 Å². The molecule has 2 rings (SSSR count). The molecular formula is C10H15NOS2. The fraction of sp³-hybridized carbons (Fsp3) is 0.700. The number of aliphatic hydroxyl groups is 1. The van der Waals surface area contributed by atoms with Crippen molar-refractivity contribution in [2.75, 3.05) is 11.5 Å². The molecule has 4 heteroatoms. The summed E-state index contributed by atoms with van der Waals surface area (Å²) in [5, 5.41) is 10.6. The Morgan fingerprint density at radius 1 is 1.71 bits per heavy atom. The van der Waals surface area contributed by atoms with Crippen LogP contribution in [0.5, 0.6) is 0 Å². The maximum absolute atomic E-state index is 9.36. The van der Waals surface area contributed by atoms with Gasteiger partial charge in [-0.15, -0.1) is 11.3 Å². The van der Waals surface area contributed by atoms with E-state index in [1.165, 1.54) is 22.9 Å². The number of thioether (sulfide) groups is 1. The molecule has 2 heterocycles. The van der Waals surface area contributed by atoms with Crippen molar-refractivity contribution < 1.29 is 5.11 Å². The molecule has 0 saturated carbocycles. The predicted molar refractivity (Wildman–Crippen MR) is 61.9 cm³/mol. The highest BCUT2D eigenvalue weighted by Crippen LogP contribution is 2.29. The summed E-state index contributed by atoms with van der Waals surface area (Å²) in [6.45, 7) is 1.79. The van der Waals surface area contributed by atoms with Gasteiger partial charge < -0.3 is 5.11 Å². The van der Waals surface area contributed by atoms with Gasteiger partial charge in [0.2, 0.25) is 0 Å². The Bertz CT molecular complexity index is 292. The Hall–Kier alpha value is -0.0600. The zero-order chi connectivity index (χ0) is 9.97. The number of hydrogen-bond acceptors (Lipinski definition) is 4. The lowest BCUT2D eigenvalue weighted by Gasteiger charge is -2.03. The van der Waals surface area contributed by atoms with Crippen molar-refractivity contribution in [2.45, 2.75) is 25.9 Å². The van der Waals surface area contributed by atoms with E-state index in [9.17, 15) is 5.11 Å². The molecule has 0 spiro atoms. The fourth-order valence-electron chi connectivity index (χ4n) is 1.60. The van der Waals surface area contributed by atoms with Crippen LogP contribution in [-0.4, -0.2) is 21.6 Å². The quantitative estimate of drug-likeness (QED) is 0.864. The lowest BCUT2D eigenvalue weighted by molar-refractivity contribution is 0.203. The van der Waals surface area contributed by atoms with Crippen LogP contribution in [0.1, 0.15) is 29.3 Å². The monoisotopic (exact) mass is 229 g/mol. The lowest BCUT2D eigenvalue weighted by Crippen LogP contribution is -2.01. The van der Waals surface area contributed by atoms with E-state index in [-0.39, 0.29) is 6.10 Å². The van der Waals surface area contributed by atoms with Crippen LogP contribution in [0.15, 0.2) is 6.20 Å². The van der Waals surface area contributed by atoms with E-state index in [0.29, 0.717) is 0 Å². The molecule has 1 aliphatic rings. The van der Waals surface area contributed by atoms with Crippen molar-refractivity contribution in [2.24, 2.45) is 5.92 Å². The van der Waals surface area contributed by atoms with Gasteiger partial charge in [0.25, 0.3) is 0 Å². The van der Waals surface area contributed by atoms with E-state index < -0.39 is 0 Å². The first kappa shape index (κ1) is 10.5. The van der Waals surface area contributed by atoms with Gasteiger partial charge in [0, 0.05) is 12.6 Å². The molecular weight excluding hydrogens is 214 g/mol. The molecule has 0 aromatic carbocycles. The van der Waals surface area contributed by atoms with E-state index in [1.54, 1.807) is 18.3 Å². The molecule has 0 radical (unpaired) electrons. The van der Waals surface area contributed by atoms with Gasteiger partial charge >= 0.3 is 0 Å². The minimum atomic E-state index is -0.362. The Morgan fingerprint density at radius 3 is 3.14 bits per heavy atom. The predicted octanol–water partition coefficient (Wildman–Crippen LogP) is 2.49. The summed E-state index contributed by atoms with van der Waals surface area (Å²) in [6, 6.07) is 0. The minimum Gasteiger partial charge on any atom is -0.388 e. The summed E-state index contributed by atoms with van der Waals surface area (Å²) < 4.78 is 0. The number of aromatic nitrogens is 1. The van der Waals surface area contributed by atoms with Gasteiger partial charge in [0.05, 0.1) is 16.0 Å². The average molecular weight is 229 g/mol. The van der Waals surface area contributed by atoms with E-state index in [1.807, 2.05) is 18.0 Å². The number of nitrogens with zero attached hydrogens (tertiary/aromatic N) is 1. The molecule has 1 aliphatic heterocycles. The van der Waals surface area contributed by atoms with E-state index in [0.717, 1.165) is 17.2 Å². The van der Waals surface area contributed by atoms with Crippen molar-refractivity contribution in [3.05, 3.63) is 16.1 Å². The molecule has 2 atom stereocenters. The topological polar surface area (TPSA) is 33.1 Å². The summed E-state index contributed by atoms with van der Waals surface area (Å²) in [7, 11) is 0. The highest BCUT2D eigenvalue weighted by molar-refractivity contribution is 7.99. The number of hydrogen-bond donors (Lipinski definition) is 1. The van der Waals surface area contributed by atoms with Crippen LogP contribution in [0.25, 0.3) is 0 Å². The van der Waals surface area contributed by atoms with Crippen LogP contribution >= 0.6 is 23.1 Å². The van der Waals surface area contributed by atoms with Gasteiger partial charge in [-0.25, -0.2) is 4.98 Å². The molecule has 1 fully saturated rings. The normalized spacial score (nSPS) is 24.0. The van der Waals surface area contributed by atoms with Crippen LogP contribution in [0.2, 0.25) is 0 Å². The second kappa shape index (κ2) is 4.64. The minimum absolute atomic E-state index is 0.362. The molecule has 0 bridgehead atoms. The van der Waals surface area contributed by atoms with Crippen LogP contribution in [0.3, 0.4) is 0 Å². The summed E-state index contributed by atoms with van der Waals surface area (Å²) >= 11 is 3.70. The first-order chi connectivity index (χ1) is 6.75. The van der Waals surface area contributed by atoms with Crippen LogP contribution in [-0.2, 0) is 6.42 Å². The van der Waals surface area contributed by atoms with E-state index >= 15 is 0 Å². The van der Waals surface area contributed by atoms with Gasteiger partial charge in [-0.05, 0) is 30.8 Å². The number of aliphatic hydroxyl groups excluding tert-OH is 1.